The second-order valence-corrected chi connectivity index (χ2v) is 4.10. The van der Waals surface area contributed by atoms with E-state index in [1.807, 2.05) is 32.0 Å². The van der Waals surface area contributed by atoms with E-state index >= 15 is 0 Å². The molecule has 0 fully saturated rings. The maximum absolute atomic E-state index is 5.97. The van der Waals surface area contributed by atoms with E-state index in [4.69, 9.17) is 19.9 Å². The number of benzene rings is 1. The summed E-state index contributed by atoms with van der Waals surface area (Å²) in [6, 6.07) is 5.53. The van der Waals surface area contributed by atoms with E-state index in [0.29, 0.717) is 23.8 Å². The Balaban J connectivity index is 3.10. The summed E-state index contributed by atoms with van der Waals surface area (Å²) in [4.78, 5) is 0. The summed E-state index contributed by atoms with van der Waals surface area (Å²) < 4.78 is 16.5. The number of hydrogen-bond donors (Lipinski definition) is 1. The van der Waals surface area contributed by atoms with E-state index in [1.54, 1.807) is 14.2 Å². The normalized spacial score (nSPS) is 13.9. The number of para-hydroxylation sites is 1. The van der Waals surface area contributed by atoms with Crippen LogP contribution in [0.1, 0.15) is 20.3 Å². The van der Waals surface area contributed by atoms with E-state index < -0.39 is 5.60 Å². The lowest BCUT2D eigenvalue weighted by Crippen LogP contribution is -2.40. The van der Waals surface area contributed by atoms with Crippen molar-refractivity contribution >= 4 is 0 Å². The van der Waals surface area contributed by atoms with Crippen molar-refractivity contribution in [1.82, 2.24) is 0 Å². The third-order valence-electron chi connectivity index (χ3n) is 2.91. The third kappa shape index (κ3) is 3.03. The van der Waals surface area contributed by atoms with Crippen LogP contribution < -0.4 is 19.9 Å². The third-order valence-corrected chi connectivity index (χ3v) is 2.91. The van der Waals surface area contributed by atoms with Crippen LogP contribution in [0.4, 0.5) is 0 Å². The molecule has 0 saturated carbocycles. The van der Waals surface area contributed by atoms with Gasteiger partial charge in [-0.15, -0.1) is 0 Å². The van der Waals surface area contributed by atoms with Gasteiger partial charge in [-0.3, -0.25) is 0 Å². The van der Waals surface area contributed by atoms with Gasteiger partial charge in [0.1, 0.15) is 5.60 Å². The van der Waals surface area contributed by atoms with E-state index in [0.717, 1.165) is 6.42 Å². The number of hydrogen-bond acceptors (Lipinski definition) is 4. The van der Waals surface area contributed by atoms with Gasteiger partial charge < -0.3 is 19.9 Å². The molecule has 2 N–H and O–H groups in total. The highest BCUT2D eigenvalue weighted by Crippen LogP contribution is 2.39. The first-order chi connectivity index (χ1) is 8.10. The lowest BCUT2D eigenvalue weighted by atomic mass is 10.0. The van der Waals surface area contributed by atoms with Gasteiger partial charge in [-0.05, 0) is 25.5 Å². The Morgan fingerprint density at radius 1 is 1.18 bits per heavy atom. The Morgan fingerprint density at radius 3 is 2.06 bits per heavy atom. The molecule has 1 aromatic rings. The zero-order chi connectivity index (χ0) is 12.9. The fourth-order valence-electron chi connectivity index (χ4n) is 1.42. The summed E-state index contributed by atoms with van der Waals surface area (Å²) in [5.74, 6) is 1.90. The Labute approximate surface area is 103 Å². The van der Waals surface area contributed by atoms with Crippen LogP contribution >= 0.6 is 0 Å². The van der Waals surface area contributed by atoms with Crippen LogP contribution in [0.5, 0.6) is 17.2 Å². The molecule has 4 heteroatoms. The monoisotopic (exact) mass is 239 g/mol. The van der Waals surface area contributed by atoms with Gasteiger partial charge in [-0.1, -0.05) is 13.0 Å². The van der Waals surface area contributed by atoms with Crippen molar-refractivity contribution in [2.75, 3.05) is 20.8 Å². The van der Waals surface area contributed by atoms with Crippen molar-refractivity contribution in [2.24, 2.45) is 5.73 Å². The number of methoxy groups -OCH3 is 2. The van der Waals surface area contributed by atoms with Gasteiger partial charge in [-0.25, -0.2) is 0 Å². The molecule has 1 aromatic carbocycles. The summed E-state index contributed by atoms with van der Waals surface area (Å²) >= 11 is 0. The molecular weight excluding hydrogens is 218 g/mol. The Hall–Kier alpha value is -1.42. The molecule has 0 bridgehead atoms. The van der Waals surface area contributed by atoms with Crippen LogP contribution in [0.2, 0.25) is 0 Å². The predicted molar refractivity (Wildman–Crippen MR) is 67.9 cm³/mol. The minimum Gasteiger partial charge on any atom is -0.493 e. The topological polar surface area (TPSA) is 53.7 Å². The molecule has 0 amide bonds. The van der Waals surface area contributed by atoms with Crippen molar-refractivity contribution in [2.45, 2.75) is 25.9 Å². The second-order valence-electron chi connectivity index (χ2n) is 4.10. The van der Waals surface area contributed by atoms with Gasteiger partial charge >= 0.3 is 0 Å². The van der Waals surface area contributed by atoms with Crippen molar-refractivity contribution in [3.8, 4) is 17.2 Å². The molecule has 0 radical (unpaired) electrons. The molecule has 0 aliphatic heterocycles. The highest BCUT2D eigenvalue weighted by molar-refractivity contribution is 5.51. The van der Waals surface area contributed by atoms with Gasteiger partial charge in [0.25, 0.3) is 0 Å². The summed E-state index contributed by atoms with van der Waals surface area (Å²) in [6.45, 7) is 4.44. The second kappa shape index (κ2) is 5.77. The SMILES string of the molecule is CCC(C)(CN)Oc1c(OC)cccc1OC. The molecule has 0 saturated heterocycles. The van der Waals surface area contributed by atoms with E-state index in [1.165, 1.54) is 0 Å². The fourth-order valence-corrected chi connectivity index (χ4v) is 1.42. The van der Waals surface area contributed by atoms with Gasteiger partial charge in [-0.2, -0.15) is 0 Å². The standard InChI is InChI=1S/C13H21NO3/c1-5-13(2,9-14)17-12-10(15-3)7-6-8-11(12)16-4/h6-8H,5,9,14H2,1-4H3. The smallest absolute Gasteiger partial charge is 0.204 e. The Morgan fingerprint density at radius 2 is 1.71 bits per heavy atom. The van der Waals surface area contributed by atoms with Crippen LogP contribution in [0.3, 0.4) is 0 Å². The maximum Gasteiger partial charge on any atom is 0.204 e. The van der Waals surface area contributed by atoms with Gasteiger partial charge in [0.05, 0.1) is 14.2 Å². The number of rotatable bonds is 6. The molecule has 0 heterocycles. The summed E-state index contributed by atoms with van der Waals surface area (Å²) in [5, 5.41) is 0. The molecule has 0 aromatic heterocycles. The van der Waals surface area contributed by atoms with E-state index in [-0.39, 0.29) is 0 Å². The van der Waals surface area contributed by atoms with Crippen molar-refractivity contribution in [1.29, 1.82) is 0 Å². The zero-order valence-electron chi connectivity index (χ0n) is 10.9. The molecule has 0 spiro atoms. The molecule has 1 rings (SSSR count). The quantitative estimate of drug-likeness (QED) is 0.827. The first kappa shape index (κ1) is 13.6. The highest BCUT2D eigenvalue weighted by Gasteiger charge is 2.25. The Kier molecular flexibility index (Phi) is 4.63. The van der Waals surface area contributed by atoms with Crippen molar-refractivity contribution in [3.63, 3.8) is 0 Å². The minimum atomic E-state index is -0.415. The molecule has 17 heavy (non-hydrogen) atoms. The predicted octanol–water partition coefficient (Wildman–Crippen LogP) is 2.21. The average Bonchev–Trinajstić information content (AvgIpc) is 2.38. The van der Waals surface area contributed by atoms with Crippen LogP contribution in [-0.2, 0) is 0 Å². The average molecular weight is 239 g/mol. The van der Waals surface area contributed by atoms with Crippen molar-refractivity contribution < 1.29 is 14.2 Å². The molecule has 0 aliphatic rings. The summed E-state index contributed by atoms with van der Waals surface area (Å²) in [6.07, 6.45) is 0.810. The first-order valence-electron chi connectivity index (χ1n) is 5.70. The van der Waals surface area contributed by atoms with Gasteiger partial charge in [0.15, 0.2) is 11.5 Å². The highest BCUT2D eigenvalue weighted by atomic mass is 16.5. The van der Waals surface area contributed by atoms with E-state index in [9.17, 15) is 0 Å². The molecule has 4 nitrogen and oxygen atoms in total. The largest absolute Gasteiger partial charge is 0.493 e. The van der Waals surface area contributed by atoms with Gasteiger partial charge in [0, 0.05) is 6.54 Å². The lowest BCUT2D eigenvalue weighted by molar-refractivity contribution is 0.0855. The van der Waals surface area contributed by atoms with Crippen LogP contribution in [-0.4, -0.2) is 26.4 Å². The molecule has 1 atom stereocenters. The molecular formula is C13H21NO3. The molecule has 1 unspecified atom stereocenters. The lowest BCUT2D eigenvalue weighted by Gasteiger charge is -2.29. The summed E-state index contributed by atoms with van der Waals surface area (Å²) in [5.41, 5.74) is 5.33. The number of nitrogens with two attached hydrogens (primary N) is 1. The fraction of sp³-hybridized carbons (Fsp3) is 0.538. The first-order valence-corrected chi connectivity index (χ1v) is 5.70. The Bertz CT molecular complexity index is 339. The molecule has 0 aliphatic carbocycles. The van der Waals surface area contributed by atoms with Crippen molar-refractivity contribution in [3.05, 3.63) is 18.2 Å². The zero-order valence-corrected chi connectivity index (χ0v) is 10.9. The maximum atomic E-state index is 5.97. The van der Waals surface area contributed by atoms with Crippen LogP contribution in [0, 0.1) is 0 Å². The molecule has 96 valence electrons. The van der Waals surface area contributed by atoms with Gasteiger partial charge in [0.2, 0.25) is 5.75 Å². The summed E-state index contributed by atoms with van der Waals surface area (Å²) in [7, 11) is 3.21. The number of ether oxygens (including phenoxy) is 3. The van der Waals surface area contributed by atoms with E-state index in [2.05, 4.69) is 0 Å². The van der Waals surface area contributed by atoms with Crippen LogP contribution in [0.25, 0.3) is 0 Å². The van der Waals surface area contributed by atoms with Crippen LogP contribution in [0.15, 0.2) is 18.2 Å². The minimum absolute atomic E-state index is 0.415.